The van der Waals surface area contributed by atoms with Crippen LogP contribution in [-0.2, 0) is 4.79 Å². The maximum atomic E-state index is 10.5. The number of nitrogens with one attached hydrogen (secondary N) is 1. The lowest BCUT2D eigenvalue weighted by atomic mass is 10.0. The van der Waals surface area contributed by atoms with Gasteiger partial charge < -0.3 is 15.3 Å². The van der Waals surface area contributed by atoms with Crippen LogP contribution in [0.25, 0.3) is 0 Å². The Hall–Kier alpha value is -0.860. The number of likely N-dealkylation sites (N-methyl/N-ethyl adjacent to an activating group) is 1. The van der Waals surface area contributed by atoms with Gasteiger partial charge in [0.05, 0.1) is 5.75 Å². The number of nitrogens with zero attached hydrogens (tertiary/aromatic N) is 3. The third-order valence-electron chi connectivity index (χ3n) is 2.40. The molecule has 0 aliphatic carbocycles. The normalized spacial score (nSPS) is 12.9. The van der Waals surface area contributed by atoms with Crippen molar-refractivity contribution in [3.8, 4) is 0 Å². The van der Waals surface area contributed by atoms with Crippen LogP contribution in [-0.4, -0.2) is 58.6 Å². The number of hydrogen-bond donors (Lipinski definition) is 2. The van der Waals surface area contributed by atoms with Gasteiger partial charge in [-0.25, -0.2) is 0 Å². The zero-order valence-corrected chi connectivity index (χ0v) is 13.2. The Bertz CT molecular complexity index is 409. The third-order valence-corrected chi connectivity index (χ3v) is 4.37. The maximum Gasteiger partial charge on any atom is 0.313 e. The Kier molecular flexibility index (Phi) is 6.53. The van der Waals surface area contributed by atoms with Crippen LogP contribution in [0.5, 0.6) is 0 Å². The van der Waals surface area contributed by atoms with Gasteiger partial charge in [-0.2, -0.15) is 0 Å². The van der Waals surface area contributed by atoms with Gasteiger partial charge >= 0.3 is 5.97 Å². The molecular weight excluding hydrogens is 284 g/mol. The number of aromatic nitrogens is 2. The molecule has 6 nitrogen and oxygen atoms in total. The Labute approximate surface area is 121 Å². The van der Waals surface area contributed by atoms with Gasteiger partial charge in [-0.05, 0) is 20.0 Å². The van der Waals surface area contributed by atoms with E-state index in [9.17, 15) is 4.79 Å². The number of carbonyl (C=O) groups is 1. The summed E-state index contributed by atoms with van der Waals surface area (Å²) in [7, 11) is 4.07. The van der Waals surface area contributed by atoms with Crippen LogP contribution in [0, 0.1) is 5.92 Å². The number of rotatable bonds is 8. The molecule has 1 aromatic heterocycles. The minimum Gasteiger partial charge on any atom is -0.481 e. The van der Waals surface area contributed by atoms with Crippen LogP contribution >= 0.6 is 23.1 Å². The lowest BCUT2D eigenvalue weighted by Crippen LogP contribution is -2.36. The number of aliphatic carboxylic acids is 1. The number of thioether (sulfide) groups is 1. The van der Waals surface area contributed by atoms with E-state index in [-0.39, 0.29) is 5.75 Å². The van der Waals surface area contributed by atoms with Crippen LogP contribution in [0.3, 0.4) is 0 Å². The first-order chi connectivity index (χ1) is 8.88. The van der Waals surface area contributed by atoms with Crippen molar-refractivity contribution >= 4 is 34.2 Å². The van der Waals surface area contributed by atoms with Crippen molar-refractivity contribution in [2.45, 2.75) is 24.2 Å². The van der Waals surface area contributed by atoms with Gasteiger partial charge in [0.25, 0.3) is 0 Å². The van der Waals surface area contributed by atoms with Gasteiger partial charge in [-0.1, -0.05) is 36.9 Å². The minimum atomic E-state index is -0.845. The highest BCUT2D eigenvalue weighted by molar-refractivity contribution is 8.01. The van der Waals surface area contributed by atoms with Crippen LogP contribution in [0.1, 0.15) is 13.8 Å². The SMILES string of the molecule is CC(C)C(CN(C)C)Nc1nnc(SCC(=O)O)s1. The predicted molar refractivity (Wildman–Crippen MR) is 79.1 cm³/mol. The summed E-state index contributed by atoms with van der Waals surface area (Å²) in [5, 5.41) is 20.7. The van der Waals surface area contributed by atoms with Crippen molar-refractivity contribution in [2.75, 3.05) is 31.7 Å². The van der Waals surface area contributed by atoms with Crippen molar-refractivity contribution in [3.63, 3.8) is 0 Å². The van der Waals surface area contributed by atoms with E-state index in [2.05, 4.69) is 34.3 Å². The summed E-state index contributed by atoms with van der Waals surface area (Å²) in [6.07, 6.45) is 0. The number of anilines is 1. The quantitative estimate of drug-likeness (QED) is 0.708. The zero-order chi connectivity index (χ0) is 14.4. The summed E-state index contributed by atoms with van der Waals surface area (Å²) in [5.74, 6) is -0.358. The molecule has 0 aromatic carbocycles. The standard InChI is InChI=1S/C11H20N4O2S2/c1-7(2)8(5-15(3)4)12-10-13-14-11(19-10)18-6-9(16)17/h7-8H,5-6H2,1-4H3,(H,12,13)(H,16,17). The van der Waals surface area contributed by atoms with E-state index in [1.165, 1.54) is 23.1 Å². The van der Waals surface area contributed by atoms with E-state index in [4.69, 9.17) is 5.11 Å². The van der Waals surface area contributed by atoms with E-state index in [0.717, 1.165) is 11.7 Å². The van der Waals surface area contributed by atoms with E-state index < -0.39 is 5.97 Å². The topological polar surface area (TPSA) is 78.3 Å². The molecule has 0 aliphatic heterocycles. The summed E-state index contributed by atoms with van der Waals surface area (Å²) in [6, 6.07) is 0.292. The molecule has 1 atom stereocenters. The average Bonchev–Trinajstić information content (AvgIpc) is 2.72. The smallest absolute Gasteiger partial charge is 0.313 e. The van der Waals surface area contributed by atoms with Gasteiger partial charge in [-0.3, -0.25) is 4.79 Å². The van der Waals surface area contributed by atoms with Crippen LogP contribution in [0.4, 0.5) is 5.13 Å². The Morgan fingerprint density at radius 1 is 1.47 bits per heavy atom. The maximum absolute atomic E-state index is 10.5. The van der Waals surface area contributed by atoms with Crippen LogP contribution in [0.15, 0.2) is 4.34 Å². The minimum absolute atomic E-state index is 0.0138. The molecule has 2 N–H and O–H groups in total. The van der Waals surface area contributed by atoms with Gasteiger partial charge in [-0.15, -0.1) is 10.2 Å². The second-order valence-corrected chi connectivity index (χ2v) is 7.01. The largest absolute Gasteiger partial charge is 0.481 e. The molecule has 0 radical (unpaired) electrons. The Balaban J connectivity index is 2.57. The molecular formula is C11H20N4O2S2. The molecule has 8 heteroatoms. The second-order valence-electron chi connectivity index (χ2n) is 4.81. The highest BCUT2D eigenvalue weighted by Crippen LogP contribution is 2.26. The number of hydrogen-bond acceptors (Lipinski definition) is 7. The number of carboxylic acids is 1. The molecule has 0 amide bonds. The molecule has 0 bridgehead atoms. The van der Waals surface area contributed by atoms with E-state index >= 15 is 0 Å². The van der Waals surface area contributed by atoms with Crippen LogP contribution < -0.4 is 5.32 Å². The molecule has 1 heterocycles. The summed E-state index contributed by atoms with van der Waals surface area (Å²) in [6.45, 7) is 5.22. The summed E-state index contributed by atoms with van der Waals surface area (Å²) >= 11 is 2.59. The van der Waals surface area contributed by atoms with E-state index in [1.54, 1.807) is 0 Å². The van der Waals surface area contributed by atoms with E-state index in [1.807, 2.05) is 14.1 Å². The fourth-order valence-electron chi connectivity index (χ4n) is 1.43. The third kappa shape index (κ3) is 6.22. The molecule has 0 saturated heterocycles. The van der Waals surface area contributed by atoms with E-state index in [0.29, 0.717) is 16.3 Å². The Morgan fingerprint density at radius 3 is 2.68 bits per heavy atom. The second kappa shape index (κ2) is 7.66. The molecule has 0 fully saturated rings. The highest BCUT2D eigenvalue weighted by Gasteiger charge is 2.16. The lowest BCUT2D eigenvalue weighted by molar-refractivity contribution is -0.133. The number of carboxylic acid groups (broad SMARTS) is 1. The fraction of sp³-hybridized carbons (Fsp3) is 0.727. The molecule has 0 spiro atoms. The Morgan fingerprint density at radius 2 is 2.16 bits per heavy atom. The first-order valence-electron chi connectivity index (χ1n) is 5.98. The van der Waals surface area contributed by atoms with Crippen molar-refractivity contribution in [3.05, 3.63) is 0 Å². The average molecular weight is 304 g/mol. The zero-order valence-electron chi connectivity index (χ0n) is 11.6. The molecule has 1 aromatic rings. The summed E-state index contributed by atoms with van der Waals surface area (Å²) in [4.78, 5) is 12.6. The summed E-state index contributed by atoms with van der Waals surface area (Å²) in [5.41, 5.74) is 0. The molecule has 19 heavy (non-hydrogen) atoms. The fourth-order valence-corrected chi connectivity index (χ4v) is 2.96. The van der Waals surface area contributed by atoms with Gasteiger partial charge in [0.1, 0.15) is 0 Å². The van der Waals surface area contributed by atoms with Crippen molar-refractivity contribution in [2.24, 2.45) is 5.92 Å². The molecule has 1 unspecified atom stereocenters. The lowest BCUT2D eigenvalue weighted by Gasteiger charge is -2.24. The molecule has 108 valence electrons. The van der Waals surface area contributed by atoms with Crippen LogP contribution in [0.2, 0.25) is 0 Å². The van der Waals surface area contributed by atoms with Gasteiger partial charge in [0.15, 0.2) is 4.34 Å². The highest BCUT2D eigenvalue weighted by atomic mass is 32.2. The predicted octanol–water partition coefficient (Wildman–Crippen LogP) is 1.71. The first-order valence-corrected chi connectivity index (χ1v) is 7.78. The summed E-state index contributed by atoms with van der Waals surface area (Å²) < 4.78 is 0.678. The van der Waals surface area contributed by atoms with Crippen molar-refractivity contribution < 1.29 is 9.90 Å². The van der Waals surface area contributed by atoms with Gasteiger partial charge in [0.2, 0.25) is 5.13 Å². The van der Waals surface area contributed by atoms with Crippen molar-refractivity contribution in [1.82, 2.24) is 15.1 Å². The molecule has 1 rings (SSSR count). The van der Waals surface area contributed by atoms with Crippen molar-refractivity contribution in [1.29, 1.82) is 0 Å². The molecule has 0 saturated carbocycles. The van der Waals surface area contributed by atoms with Gasteiger partial charge in [0, 0.05) is 12.6 Å². The monoisotopic (exact) mass is 304 g/mol. The molecule has 0 aliphatic rings. The first kappa shape index (κ1) is 16.2.